The van der Waals surface area contributed by atoms with Crippen molar-refractivity contribution in [1.82, 2.24) is 10.6 Å². The lowest BCUT2D eigenvalue weighted by molar-refractivity contribution is -0.131. The van der Waals surface area contributed by atoms with Gasteiger partial charge in [0.15, 0.2) is 0 Å². The molecule has 2 atom stereocenters. The molecule has 4 N–H and O–H groups in total. The van der Waals surface area contributed by atoms with E-state index in [-0.39, 0.29) is 18.2 Å². The molecular weight excluding hydrogens is 374 g/mol. The highest BCUT2D eigenvalue weighted by Crippen LogP contribution is 2.13. The van der Waals surface area contributed by atoms with E-state index in [9.17, 15) is 14.4 Å². The maximum Gasteiger partial charge on any atom is 0.243 e. The number of amides is 3. The van der Waals surface area contributed by atoms with Gasteiger partial charge in [-0.2, -0.15) is 0 Å². The van der Waals surface area contributed by atoms with Gasteiger partial charge in [0, 0.05) is 17.8 Å². The Labute approximate surface area is 150 Å². The number of nitrogens with one attached hydrogen (secondary N) is 2. The minimum atomic E-state index is -0.838. The Balaban J connectivity index is 2.83. The molecule has 0 aromatic heterocycles. The molecule has 7 heteroatoms. The van der Waals surface area contributed by atoms with Crippen LogP contribution in [0.5, 0.6) is 0 Å². The van der Waals surface area contributed by atoms with Crippen molar-refractivity contribution in [1.29, 1.82) is 0 Å². The number of primary amides is 1. The summed E-state index contributed by atoms with van der Waals surface area (Å²) in [6.45, 7) is 5.26. The van der Waals surface area contributed by atoms with Gasteiger partial charge in [-0.3, -0.25) is 14.4 Å². The van der Waals surface area contributed by atoms with Gasteiger partial charge >= 0.3 is 0 Å². The van der Waals surface area contributed by atoms with Gasteiger partial charge in [0.25, 0.3) is 0 Å². The molecule has 24 heavy (non-hydrogen) atoms. The molecule has 1 aromatic carbocycles. The highest BCUT2D eigenvalue weighted by Gasteiger charge is 2.25. The van der Waals surface area contributed by atoms with Crippen molar-refractivity contribution in [3.8, 4) is 0 Å². The molecule has 132 valence electrons. The average molecular weight is 398 g/mol. The summed E-state index contributed by atoms with van der Waals surface area (Å²) in [5.41, 5.74) is 6.29. The van der Waals surface area contributed by atoms with Gasteiger partial charge in [-0.1, -0.05) is 41.9 Å². The van der Waals surface area contributed by atoms with Crippen molar-refractivity contribution in [3.05, 3.63) is 34.3 Å². The molecule has 0 radical (unpaired) electrons. The minimum absolute atomic E-state index is 0.213. The van der Waals surface area contributed by atoms with Gasteiger partial charge in [-0.25, -0.2) is 0 Å². The van der Waals surface area contributed by atoms with E-state index in [4.69, 9.17) is 5.73 Å². The van der Waals surface area contributed by atoms with Gasteiger partial charge in [0.2, 0.25) is 17.7 Å². The van der Waals surface area contributed by atoms with Crippen LogP contribution in [0.3, 0.4) is 0 Å². The number of hydrogen-bond donors (Lipinski definition) is 3. The van der Waals surface area contributed by atoms with E-state index in [1.54, 1.807) is 0 Å². The molecule has 1 aromatic rings. The Hall–Kier alpha value is -1.89. The molecule has 0 heterocycles. The Morgan fingerprint density at radius 3 is 2.33 bits per heavy atom. The third-order valence-corrected chi connectivity index (χ3v) is 3.88. The monoisotopic (exact) mass is 397 g/mol. The molecule has 6 nitrogen and oxygen atoms in total. The van der Waals surface area contributed by atoms with E-state index >= 15 is 0 Å². The molecule has 0 unspecified atom stereocenters. The lowest BCUT2D eigenvalue weighted by Gasteiger charge is -2.22. The first-order valence-corrected chi connectivity index (χ1v) is 8.59. The molecule has 1 rings (SSSR count). The zero-order chi connectivity index (χ0) is 18.3. The van der Waals surface area contributed by atoms with Crippen molar-refractivity contribution in [2.24, 2.45) is 11.7 Å². The highest BCUT2D eigenvalue weighted by molar-refractivity contribution is 9.10. The Morgan fingerprint density at radius 2 is 1.83 bits per heavy atom. The first-order chi connectivity index (χ1) is 11.2. The third-order valence-electron chi connectivity index (χ3n) is 3.39. The molecule has 0 spiro atoms. The molecule has 0 fully saturated rings. The molecule has 0 aliphatic heterocycles. The van der Waals surface area contributed by atoms with E-state index in [0.717, 1.165) is 10.0 Å². The second-order valence-electron chi connectivity index (χ2n) is 6.18. The first-order valence-electron chi connectivity index (χ1n) is 7.80. The van der Waals surface area contributed by atoms with Gasteiger partial charge in [-0.05, 0) is 30.0 Å². The van der Waals surface area contributed by atoms with Crippen LogP contribution in [-0.4, -0.2) is 29.8 Å². The minimum Gasteiger partial charge on any atom is -0.368 e. The lowest BCUT2D eigenvalue weighted by atomic mass is 10.0. The van der Waals surface area contributed by atoms with Crippen LogP contribution in [0.2, 0.25) is 0 Å². The zero-order valence-corrected chi connectivity index (χ0v) is 15.7. The smallest absolute Gasteiger partial charge is 0.243 e. The van der Waals surface area contributed by atoms with Gasteiger partial charge in [0.05, 0.1) is 0 Å². The molecular formula is C17H24BrN3O3. The first kappa shape index (κ1) is 20.2. The highest BCUT2D eigenvalue weighted by atomic mass is 79.9. The van der Waals surface area contributed by atoms with E-state index in [2.05, 4.69) is 26.6 Å². The maximum atomic E-state index is 12.4. The molecule has 0 bridgehead atoms. The molecule has 0 aliphatic carbocycles. The summed E-state index contributed by atoms with van der Waals surface area (Å²) in [6, 6.07) is 5.91. The van der Waals surface area contributed by atoms with Crippen LogP contribution in [-0.2, 0) is 20.8 Å². The summed E-state index contributed by atoms with van der Waals surface area (Å²) in [5, 5.41) is 5.27. The Kier molecular flexibility index (Phi) is 7.91. The molecule has 0 saturated heterocycles. The maximum absolute atomic E-state index is 12.4. The van der Waals surface area contributed by atoms with Gasteiger partial charge < -0.3 is 16.4 Å². The van der Waals surface area contributed by atoms with Crippen molar-refractivity contribution in [2.45, 2.75) is 45.7 Å². The second-order valence-corrected chi connectivity index (χ2v) is 7.10. The number of rotatable bonds is 8. The van der Waals surface area contributed by atoms with Crippen LogP contribution in [0.1, 0.15) is 32.8 Å². The SMILES string of the molecule is CC(=O)N[C@@H](CC(C)C)C(=O)N[C@H](Cc1cccc(Br)c1)C(N)=O. The summed E-state index contributed by atoms with van der Waals surface area (Å²) in [6.07, 6.45) is 0.767. The summed E-state index contributed by atoms with van der Waals surface area (Å²) in [4.78, 5) is 35.4. The van der Waals surface area contributed by atoms with E-state index in [0.29, 0.717) is 6.42 Å². The van der Waals surface area contributed by atoms with Crippen LogP contribution >= 0.6 is 15.9 Å². The molecule has 0 aliphatic rings. The van der Waals surface area contributed by atoms with Crippen molar-refractivity contribution in [2.75, 3.05) is 0 Å². The van der Waals surface area contributed by atoms with Crippen LogP contribution in [0.15, 0.2) is 28.7 Å². The Bertz CT molecular complexity index is 604. The lowest BCUT2D eigenvalue weighted by Crippen LogP contribution is -2.53. The fourth-order valence-electron chi connectivity index (χ4n) is 2.34. The summed E-state index contributed by atoms with van der Waals surface area (Å²) in [7, 11) is 0. The Morgan fingerprint density at radius 1 is 1.17 bits per heavy atom. The number of carbonyl (C=O) groups is 3. The zero-order valence-electron chi connectivity index (χ0n) is 14.1. The van der Waals surface area contributed by atoms with Gasteiger partial charge in [0.1, 0.15) is 12.1 Å². The summed E-state index contributed by atoms with van der Waals surface area (Å²) in [5.74, 6) is -1.10. The van der Waals surface area contributed by atoms with Gasteiger partial charge in [-0.15, -0.1) is 0 Å². The third kappa shape index (κ3) is 7.12. The normalized spacial score (nSPS) is 13.2. The van der Waals surface area contributed by atoms with Crippen molar-refractivity contribution in [3.63, 3.8) is 0 Å². The van der Waals surface area contributed by atoms with Crippen LogP contribution in [0.25, 0.3) is 0 Å². The van der Waals surface area contributed by atoms with Crippen LogP contribution in [0, 0.1) is 5.92 Å². The number of carbonyl (C=O) groups excluding carboxylic acids is 3. The predicted molar refractivity (Wildman–Crippen MR) is 96.0 cm³/mol. The molecule has 3 amide bonds. The van der Waals surface area contributed by atoms with Crippen LogP contribution in [0.4, 0.5) is 0 Å². The van der Waals surface area contributed by atoms with E-state index in [1.165, 1.54) is 6.92 Å². The number of halogens is 1. The van der Waals surface area contributed by atoms with E-state index < -0.39 is 23.9 Å². The second kappa shape index (κ2) is 9.42. The van der Waals surface area contributed by atoms with E-state index in [1.807, 2.05) is 38.1 Å². The molecule has 0 saturated carbocycles. The quantitative estimate of drug-likeness (QED) is 0.619. The topological polar surface area (TPSA) is 101 Å². The summed E-state index contributed by atoms with van der Waals surface area (Å²) >= 11 is 3.37. The largest absolute Gasteiger partial charge is 0.368 e. The standard InChI is InChI=1S/C17H24BrN3O3/c1-10(2)7-15(20-11(3)22)17(24)21-14(16(19)23)9-12-5-4-6-13(18)8-12/h4-6,8,10,14-15H,7,9H2,1-3H3,(H2,19,23)(H,20,22)(H,21,24)/t14-,15+/m1/s1. The summed E-state index contributed by atoms with van der Waals surface area (Å²) < 4.78 is 0.880. The van der Waals surface area contributed by atoms with Crippen LogP contribution < -0.4 is 16.4 Å². The van der Waals surface area contributed by atoms with Crippen molar-refractivity contribution >= 4 is 33.7 Å². The number of hydrogen-bond acceptors (Lipinski definition) is 3. The average Bonchev–Trinajstić information content (AvgIpc) is 2.44. The fourth-order valence-corrected chi connectivity index (χ4v) is 2.79. The number of benzene rings is 1. The number of nitrogens with two attached hydrogens (primary N) is 1. The van der Waals surface area contributed by atoms with Crippen molar-refractivity contribution < 1.29 is 14.4 Å². The fraction of sp³-hybridized carbons (Fsp3) is 0.471. The predicted octanol–water partition coefficient (Wildman–Crippen LogP) is 1.51.